The SMILES string of the molecule is CC(CNCc1ccncc1)c1cccs1. The molecule has 1 unspecified atom stereocenters. The monoisotopic (exact) mass is 232 g/mol. The maximum Gasteiger partial charge on any atom is 0.0271 e. The Morgan fingerprint density at radius 2 is 2.12 bits per heavy atom. The van der Waals surface area contributed by atoms with Gasteiger partial charge >= 0.3 is 0 Å². The summed E-state index contributed by atoms with van der Waals surface area (Å²) in [5.41, 5.74) is 1.29. The fraction of sp³-hybridized carbons (Fsp3) is 0.308. The van der Waals surface area contributed by atoms with Gasteiger partial charge in [-0.2, -0.15) is 0 Å². The normalized spacial score (nSPS) is 12.6. The lowest BCUT2D eigenvalue weighted by Gasteiger charge is -2.10. The topological polar surface area (TPSA) is 24.9 Å². The van der Waals surface area contributed by atoms with Gasteiger partial charge in [0.1, 0.15) is 0 Å². The van der Waals surface area contributed by atoms with Crippen molar-refractivity contribution in [1.29, 1.82) is 0 Å². The molecular formula is C13H16N2S. The summed E-state index contributed by atoms with van der Waals surface area (Å²) in [6.45, 7) is 4.19. The molecule has 2 rings (SSSR count). The molecule has 0 aromatic carbocycles. The summed E-state index contributed by atoms with van der Waals surface area (Å²) >= 11 is 1.83. The molecule has 2 aromatic rings. The molecular weight excluding hydrogens is 216 g/mol. The first-order chi connectivity index (χ1) is 7.86. The van der Waals surface area contributed by atoms with Crippen LogP contribution < -0.4 is 5.32 Å². The summed E-state index contributed by atoms with van der Waals surface area (Å²) in [4.78, 5) is 5.45. The van der Waals surface area contributed by atoms with Crippen LogP contribution in [0.25, 0.3) is 0 Å². The first-order valence-electron chi connectivity index (χ1n) is 5.49. The highest BCUT2D eigenvalue weighted by atomic mass is 32.1. The standard InChI is InChI=1S/C13H16N2S/c1-11(13-3-2-8-16-13)9-15-10-12-4-6-14-7-5-12/h2-8,11,15H,9-10H2,1H3. The van der Waals surface area contributed by atoms with Crippen LogP contribution >= 0.6 is 11.3 Å². The minimum Gasteiger partial charge on any atom is -0.312 e. The first-order valence-corrected chi connectivity index (χ1v) is 6.37. The molecule has 1 atom stereocenters. The van der Waals surface area contributed by atoms with Crippen LogP contribution in [0.15, 0.2) is 42.0 Å². The number of nitrogens with zero attached hydrogens (tertiary/aromatic N) is 1. The van der Waals surface area contributed by atoms with Crippen LogP contribution in [0.2, 0.25) is 0 Å². The fourth-order valence-corrected chi connectivity index (χ4v) is 2.39. The second-order valence-electron chi connectivity index (χ2n) is 3.90. The second-order valence-corrected chi connectivity index (χ2v) is 4.88. The van der Waals surface area contributed by atoms with Crippen molar-refractivity contribution in [2.75, 3.05) is 6.54 Å². The van der Waals surface area contributed by atoms with E-state index >= 15 is 0 Å². The Hall–Kier alpha value is -1.19. The van der Waals surface area contributed by atoms with Gasteiger partial charge in [-0.25, -0.2) is 0 Å². The third-order valence-corrected chi connectivity index (χ3v) is 3.66. The minimum absolute atomic E-state index is 0.585. The molecule has 3 heteroatoms. The molecule has 0 amide bonds. The van der Waals surface area contributed by atoms with Crippen LogP contribution in [0, 0.1) is 0 Å². The molecule has 0 spiro atoms. The van der Waals surface area contributed by atoms with Crippen molar-refractivity contribution in [3.05, 3.63) is 52.5 Å². The van der Waals surface area contributed by atoms with E-state index in [1.807, 2.05) is 35.9 Å². The maximum absolute atomic E-state index is 4.00. The lowest BCUT2D eigenvalue weighted by atomic mass is 10.1. The molecule has 1 N–H and O–H groups in total. The predicted molar refractivity (Wildman–Crippen MR) is 68.7 cm³/mol. The van der Waals surface area contributed by atoms with E-state index in [9.17, 15) is 0 Å². The summed E-state index contributed by atoms with van der Waals surface area (Å²) in [6.07, 6.45) is 3.67. The molecule has 0 radical (unpaired) electrons. The van der Waals surface area contributed by atoms with Crippen LogP contribution in [-0.4, -0.2) is 11.5 Å². The van der Waals surface area contributed by atoms with Crippen molar-refractivity contribution in [2.45, 2.75) is 19.4 Å². The van der Waals surface area contributed by atoms with Crippen molar-refractivity contribution in [2.24, 2.45) is 0 Å². The Morgan fingerprint density at radius 1 is 1.31 bits per heavy atom. The van der Waals surface area contributed by atoms with Gasteiger partial charge in [0.05, 0.1) is 0 Å². The van der Waals surface area contributed by atoms with Gasteiger partial charge in [-0.15, -0.1) is 11.3 Å². The lowest BCUT2D eigenvalue weighted by molar-refractivity contribution is 0.621. The number of aromatic nitrogens is 1. The summed E-state index contributed by atoms with van der Waals surface area (Å²) in [7, 11) is 0. The van der Waals surface area contributed by atoms with Gasteiger partial charge in [0, 0.05) is 36.3 Å². The average Bonchev–Trinajstić information content (AvgIpc) is 2.84. The molecule has 16 heavy (non-hydrogen) atoms. The molecule has 2 aromatic heterocycles. The van der Waals surface area contributed by atoms with E-state index in [0.717, 1.165) is 13.1 Å². The zero-order valence-corrected chi connectivity index (χ0v) is 10.2. The molecule has 0 saturated heterocycles. The molecule has 0 bridgehead atoms. The smallest absolute Gasteiger partial charge is 0.0271 e. The van der Waals surface area contributed by atoms with Gasteiger partial charge in [0.2, 0.25) is 0 Å². The number of nitrogens with one attached hydrogen (secondary N) is 1. The van der Waals surface area contributed by atoms with Gasteiger partial charge in [-0.1, -0.05) is 13.0 Å². The Labute approximate surface area is 100 Å². The third-order valence-electron chi connectivity index (χ3n) is 2.56. The Kier molecular flexibility index (Phi) is 4.08. The number of hydrogen-bond donors (Lipinski definition) is 1. The van der Waals surface area contributed by atoms with Crippen molar-refractivity contribution < 1.29 is 0 Å². The Bertz CT molecular complexity index is 397. The highest BCUT2D eigenvalue weighted by Gasteiger charge is 2.05. The van der Waals surface area contributed by atoms with E-state index in [4.69, 9.17) is 0 Å². The zero-order chi connectivity index (χ0) is 11.2. The van der Waals surface area contributed by atoms with Gasteiger partial charge in [-0.3, -0.25) is 4.98 Å². The van der Waals surface area contributed by atoms with Gasteiger partial charge < -0.3 is 5.32 Å². The Morgan fingerprint density at radius 3 is 2.81 bits per heavy atom. The van der Waals surface area contributed by atoms with Crippen molar-refractivity contribution in [3.63, 3.8) is 0 Å². The van der Waals surface area contributed by atoms with Crippen LogP contribution in [0.3, 0.4) is 0 Å². The van der Waals surface area contributed by atoms with Gasteiger partial charge in [-0.05, 0) is 29.1 Å². The first kappa shape index (κ1) is 11.3. The van der Waals surface area contributed by atoms with Crippen LogP contribution in [0.1, 0.15) is 23.3 Å². The van der Waals surface area contributed by atoms with E-state index in [1.54, 1.807) is 0 Å². The quantitative estimate of drug-likeness (QED) is 0.857. The molecule has 84 valence electrons. The second kappa shape index (κ2) is 5.77. The van der Waals surface area contributed by atoms with Crippen molar-refractivity contribution in [1.82, 2.24) is 10.3 Å². The van der Waals surface area contributed by atoms with Crippen molar-refractivity contribution in [3.8, 4) is 0 Å². The van der Waals surface area contributed by atoms with E-state index in [-0.39, 0.29) is 0 Å². The summed E-state index contributed by atoms with van der Waals surface area (Å²) in [5, 5.41) is 5.60. The average molecular weight is 232 g/mol. The maximum atomic E-state index is 4.00. The third kappa shape index (κ3) is 3.15. The molecule has 0 fully saturated rings. The van der Waals surface area contributed by atoms with E-state index in [2.05, 4.69) is 34.7 Å². The summed E-state index contributed by atoms with van der Waals surface area (Å²) in [5.74, 6) is 0.585. The lowest BCUT2D eigenvalue weighted by Crippen LogP contribution is -2.19. The van der Waals surface area contributed by atoms with Gasteiger partial charge in [0.15, 0.2) is 0 Å². The minimum atomic E-state index is 0.585. The van der Waals surface area contributed by atoms with E-state index in [1.165, 1.54) is 10.4 Å². The van der Waals surface area contributed by atoms with E-state index in [0.29, 0.717) is 5.92 Å². The Balaban J connectivity index is 1.76. The highest BCUT2D eigenvalue weighted by Crippen LogP contribution is 2.19. The summed E-state index contributed by atoms with van der Waals surface area (Å²) < 4.78 is 0. The molecule has 0 saturated carbocycles. The van der Waals surface area contributed by atoms with Gasteiger partial charge in [0.25, 0.3) is 0 Å². The fourth-order valence-electron chi connectivity index (χ4n) is 1.61. The molecule has 2 nitrogen and oxygen atoms in total. The van der Waals surface area contributed by atoms with Crippen LogP contribution in [0.5, 0.6) is 0 Å². The van der Waals surface area contributed by atoms with Crippen molar-refractivity contribution >= 4 is 11.3 Å². The molecule has 0 aliphatic carbocycles. The zero-order valence-electron chi connectivity index (χ0n) is 9.39. The predicted octanol–water partition coefficient (Wildman–Crippen LogP) is 3.04. The number of thiophene rings is 1. The van der Waals surface area contributed by atoms with Crippen LogP contribution in [0.4, 0.5) is 0 Å². The molecule has 0 aliphatic rings. The number of hydrogen-bond acceptors (Lipinski definition) is 3. The molecule has 0 aliphatic heterocycles. The highest BCUT2D eigenvalue weighted by molar-refractivity contribution is 7.10. The van der Waals surface area contributed by atoms with Crippen LogP contribution in [-0.2, 0) is 6.54 Å². The number of rotatable bonds is 5. The largest absolute Gasteiger partial charge is 0.312 e. The van der Waals surface area contributed by atoms with E-state index < -0.39 is 0 Å². The molecule has 2 heterocycles. The number of pyridine rings is 1. The summed E-state index contributed by atoms with van der Waals surface area (Å²) in [6, 6.07) is 8.40.